The van der Waals surface area contributed by atoms with Crippen LogP contribution in [0.1, 0.15) is 0 Å². The van der Waals surface area contributed by atoms with Crippen LogP contribution >= 0.6 is 23.2 Å². The predicted molar refractivity (Wildman–Crippen MR) is 83.9 cm³/mol. The van der Waals surface area contributed by atoms with Crippen molar-refractivity contribution in [2.75, 3.05) is 7.11 Å². The highest BCUT2D eigenvalue weighted by Crippen LogP contribution is 2.24. The minimum Gasteiger partial charge on any atom is -0.497 e. The van der Waals surface area contributed by atoms with Crippen LogP contribution in [0.5, 0.6) is 5.75 Å². The maximum Gasteiger partial charge on any atom is 0.265 e. The molecule has 1 aromatic heterocycles. The van der Waals surface area contributed by atoms with Gasteiger partial charge >= 0.3 is 0 Å². The standard InChI is InChI=1S/C15H10Cl2N2O2/c1-21-10-3-5-14-11(7-10)15(20)19(8-18-14)9-2-4-12(16)13(17)6-9/h2-8H,1H3. The van der Waals surface area contributed by atoms with Gasteiger partial charge in [-0.1, -0.05) is 23.2 Å². The number of hydrogen-bond donors (Lipinski definition) is 0. The van der Waals surface area contributed by atoms with Gasteiger partial charge in [-0.05, 0) is 36.4 Å². The van der Waals surface area contributed by atoms with E-state index in [1.165, 1.54) is 10.9 Å². The average Bonchev–Trinajstić information content (AvgIpc) is 2.50. The summed E-state index contributed by atoms with van der Waals surface area (Å²) < 4.78 is 6.56. The highest BCUT2D eigenvalue weighted by molar-refractivity contribution is 6.42. The Morgan fingerprint density at radius 2 is 1.90 bits per heavy atom. The number of rotatable bonds is 2. The lowest BCUT2D eigenvalue weighted by Gasteiger charge is -2.08. The second kappa shape index (κ2) is 5.39. The van der Waals surface area contributed by atoms with Crippen LogP contribution in [0.4, 0.5) is 0 Å². The molecule has 0 bridgehead atoms. The van der Waals surface area contributed by atoms with Gasteiger partial charge in [0, 0.05) is 0 Å². The summed E-state index contributed by atoms with van der Waals surface area (Å²) in [5.41, 5.74) is 1.01. The van der Waals surface area contributed by atoms with Crippen molar-refractivity contribution in [3.8, 4) is 11.4 Å². The SMILES string of the molecule is COc1ccc2ncn(-c3ccc(Cl)c(Cl)c3)c(=O)c2c1. The van der Waals surface area contributed by atoms with Crippen LogP contribution < -0.4 is 10.3 Å². The predicted octanol–water partition coefficient (Wildman–Crippen LogP) is 3.70. The van der Waals surface area contributed by atoms with Gasteiger partial charge < -0.3 is 4.74 Å². The van der Waals surface area contributed by atoms with E-state index in [1.807, 2.05) is 0 Å². The Kier molecular flexibility index (Phi) is 3.57. The van der Waals surface area contributed by atoms with E-state index in [9.17, 15) is 4.79 Å². The molecule has 0 saturated heterocycles. The third-order valence-corrected chi connectivity index (χ3v) is 3.89. The molecular weight excluding hydrogens is 311 g/mol. The maximum atomic E-state index is 12.6. The fraction of sp³-hybridized carbons (Fsp3) is 0.0667. The van der Waals surface area contributed by atoms with E-state index < -0.39 is 0 Å². The van der Waals surface area contributed by atoms with E-state index in [-0.39, 0.29) is 5.56 Å². The zero-order valence-electron chi connectivity index (χ0n) is 11.0. The summed E-state index contributed by atoms with van der Waals surface area (Å²) in [7, 11) is 1.55. The van der Waals surface area contributed by atoms with Gasteiger partial charge in [-0.25, -0.2) is 4.98 Å². The van der Waals surface area contributed by atoms with Crippen LogP contribution in [-0.4, -0.2) is 16.7 Å². The molecule has 0 fully saturated rings. The molecule has 4 nitrogen and oxygen atoms in total. The minimum atomic E-state index is -0.197. The first-order valence-corrected chi connectivity index (χ1v) is 6.86. The summed E-state index contributed by atoms with van der Waals surface area (Å²) in [6.07, 6.45) is 1.47. The Morgan fingerprint density at radius 1 is 1.10 bits per heavy atom. The Bertz CT molecular complexity index is 890. The number of benzene rings is 2. The fourth-order valence-corrected chi connectivity index (χ4v) is 2.34. The zero-order chi connectivity index (χ0) is 15.0. The Labute approximate surface area is 130 Å². The summed E-state index contributed by atoms with van der Waals surface area (Å²) in [6.45, 7) is 0. The molecule has 2 aromatic carbocycles. The number of aromatic nitrogens is 2. The van der Waals surface area contributed by atoms with Crippen LogP contribution in [0.25, 0.3) is 16.6 Å². The van der Waals surface area contributed by atoms with Crippen molar-refractivity contribution < 1.29 is 4.74 Å². The van der Waals surface area contributed by atoms with Crippen molar-refractivity contribution in [3.05, 3.63) is 63.1 Å². The maximum absolute atomic E-state index is 12.6. The smallest absolute Gasteiger partial charge is 0.265 e. The number of halogens is 2. The van der Waals surface area contributed by atoms with E-state index in [0.717, 1.165) is 0 Å². The molecule has 0 aliphatic carbocycles. The summed E-state index contributed by atoms with van der Waals surface area (Å²) in [6, 6.07) is 10.1. The molecule has 0 saturated carbocycles. The van der Waals surface area contributed by atoms with Crippen molar-refractivity contribution in [1.82, 2.24) is 9.55 Å². The Balaban J connectivity index is 2.25. The molecule has 0 spiro atoms. The largest absolute Gasteiger partial charge is 0.497 e. The lowest BCUT2D eigenvalue weighted by atomic mass is 10.2. The van der Waals surface area contributed by atoms with Crippen LogP contribution in [-0.2, 0) is 0 Å². The fourth-order valence-electron chi connectivity index (χ4n) is 2.05. The van der Waals surface area contributed by atoms with Crippen molar-refractivity contribution in [2.45, 2.75) is 0 Å². The summed E-state index contributed by atoms with van der Waals surface area (Å²) in [5.74, 6) is 0.605. The van der Waals surface area contributed by atoms with Crippen molar-refractivity contribution >= 4 is 34.1 Å². The van der Waals surface area contributed by atoms with Gasteiger partial charge in [0.15, 0.2) is 0 Å². The van der Waals surface area contributed by atoms with Gasteiger partial charge in [-0.15, -0.1) is 0 Å². The number of ether oxygens (including phenoxy) is 1. The van der Waals surface area contributed by atoms with Crippen molar-refractivity contribution in [3.63, 3.8) is 0 Å². The molecule has 0 amide bonds. The van der Waals surface area contributed by atoms with Crippen molar-refractivity contribution in [2.24, 2.45) is 0 Å². The van der Waals surface area contributed by atoms with Gasteiger partial charge in [0.05, 0.1) is 33.7 Å². The first kappa shape index (κ1) is 13.9. The van der Waals surface area contributed by atoms with Gasteiger partial charge in [0.25, 0.3) is 5.56 Å². The van der Waals surface area contributed by atoms with Gasteiger partial charge in [0.1, 0.15) is 12.1 Å². The molecule has 21 heavy (non-hydrogen) atoms. The molecule has 6 heteroatoms. The number of fused-ring (bicyclic) bond motifs is 1. The first-order valence-electron chi connectivity index (χ1n) is 6.11. The Morgan fingerprint density at radius 3 is 2.62 bits per heavy atom. The van der Waals surface area contributed by atoms with E-state index in [4.69, 9.17) is 27.9 Å². The molecule has 3 aromatic rings. The Hall–Kier alpha value is -2.04. The molecule has 106 valence electrons. The topological polar surface area (TPSA) is 44.1 Å². The molecule has 0 radical (unpaired) electrons. The van der Waals surface area contributed by atoms with E-state index >= 15 is 0 Å². The second-order valence-corrected chi connectivity index (χ2v) is 5.22. The van der Waals surface area contributed by atoms with Crippen LogP contribution in [0.3, 0.4) is 0 Å². The summed E-state index contributed by atoms with van der Waals surface area (Å²) >= 11 is 11.9. The first-order chi connectivity index (χ1) is 10.1. The van der Waals surface area contributed by atoms with Gasteiger partial charge in [-0.3, -0.25) is 9.36 Å². The van der Waals surface area contributed by atoms with Crippen molar-refractivity contribution in [1.29, 1.82) is 0 Å². The normalized spacial score (nSPS) is 10.8. The van der Waals surface area contributed by atoms with E-state index in [0.29, 0.717) is 32.4 Å². The van der Waals surface area contributed by atoms with Crippen LogP contribution in [0, 0.1) is 0 Å². The highest BCUT2D eigenvalue weighted by atomic mass is 35.5. The average molecular weight is 321 g/mol. The lowest BCUT2D eigenvalue weighted by molar-refractivity contribution is 0.415. The number of methoxy groups -OCH3 is 1. The zero-order valence-corrected chi connectivity index (χ0v) is 12.5. The molecular formula is C15H10Cl2N2O2. The van der Waals surface area contributed by atoms with Crippen LogP contribution in [0.15, 0.2) is 47.5 Å². The molecule has 3 rings (SSSR count). The number of hydrogen-bond acceptors (Lipinski definition) is 3. The summed E-state index contributed by atoms with van der Waals surface area (Å²) in [5, 5.41) is 1.29. The molecule has 0 N–H and O–H groups in total. The number of nitrogens with zero attached hydrogens (tertiary/aromatic N) is 2. The van der Waals surface area contributed by atoms with Gasteiger partial charge in [-0.2, -0.15) is 0 Å². The quantitative estimate of drug-likeness (QED) is 0.723. The van der Waals surface area contributed by atoms with E-state index in [1.54, 1.807) is 43.5 Å². The molecule has 0 aliphatic heterocycles. The molecule has 0 atom stereocenters. The molecule has 1 heterocycles. The molecule has 0 unspecified atom stereocenters. The monoisotopic (exact) mass is 320 g/mol. The minimum absolute atomic E-state index is 0.197. The highest BCUT2D eigenvalue weighted by Gasteiger charge is 2.08. The van der Waals surface area contributed by atoms with Gasteiger partial charge in [0.2, 0.25) is 0 Å². The third kappa shape index (κ3) is 2.48. The summed E-state index contributed by atoms with van der Waals surface area (Å²) in [4.78, 5) is 16.9. The van der Waals surface area contributed by atoms with Crippen LogP contribution in [0.2, 0.25) is 10.0 Å². The molecule has 0 aliphatic rings. The van der Waals surface area contributed by atoms with E-state index in [2.05, 4.69) is 4.98 Å². The second-order valence-electron chi connectivity index (χ2n) is 4.40. The third-order valence-electron chi connectivity index (χ3n) is 3.15. The lowest BCUT2D eigenvalue weighted by Crippen LogP contribution is -2.18.